The van der Waals surface area contributed by atoms with Crippen molar-refractivity contribution >= 4 is 29.4 Å². The molecule has 126 valence electrons. The Bertz CT molecular complexity index is 684. The fourth-order valence-corrected chi connectivity index (χ4v) is 2.72. The second kappa shape index (κ2) is 8.93. The lowest BCUT2D eigenvalue weighted by Gasteiger charge is -2.20. The average Bonchev–Trinajstić information content (AvgIpc) is 3.06. The summed E-state index contributed by atoms with van der Waals surface area (Å²) >= 11 is 1.52. The van der Waals surface area contributed by atoms with Crippen LogP contribution in [0.1, 0.15) is 24.3 Å². The largest absolute Gasteiger partial charge is 0.344 e. The van der Waals surface area contributed by atoms with Crippen molar-refractivity contribution in [2.45, 2.75) is 26.3 Å². The summed E-state index contributed by atoms with van der Waals surface area (Å²) in [6, 6.07) is 6.71. The van der Waals surface area contributed by atoms with E-state index in [9.17, 15) is 9.59 Å². The van der Waals surface area contributed by atoms with Gasteiger partial charge in [-0.1, -0.05) is 19.9 Å². The van der Waals surface area contributed by atoms with Crippen molar-refractivity contribution in [2.75, 3.05) is 0 Å². The van der Waals surface area contributed by atoms with E-state index in [0.717, 1.165) is 10.4 Å². The van der Waals surface area contributed by atoms with Crippen molar-refractivity contribution in [3.63, 3.8) is 0 Å². The van der Waals surface area contributed by atoms with Gasteiger partial charge in [0.2, 0.25) is 5.91 Å². The third-order valence-electron chi connectivity index (χ3n) is 3.27. The normalized spacial score (nSPS) is 12.3. The standard InChI is InChI=1S/C17H20N4O2S/c1-12(2)16(20-15(22)10-14-4-3-9-24-14)17(23)21-19-11-13-5-7-18-8-6-13/h3-9,11-12,16H,10H2,1-2H3,(H,20,22)(H,21,23)/b19-11+/t16-/m1/s1. The molecule has 1 atom stereocenters. The summed E-state index contributed by atoms with van der Waals surface area (Å²) in [5.41, 5.74) is 3.30. The third-order valence-corrected chi connectivity index (χ3v) is 4.15. The summed E-state index contributed by atoms with van der Waals surface area (Å²) in [5.74, 6) is -0.562. The predicted molar refractivity (Wildman–Crippen MR) is 94.8 cm³/mol. The van der Waals surface area contributed by atoms with Gasteiger partial charge in [-0.3, -0.25) is 14.6 Å². The van der Waals surface area contributed by atoms with Gasteiger partial charge in [-0.2, -0.15) is 5.10 Å². The minimum atomic E-state index is -0.632. The molecule has 0 aliphatic heterocycles. The second-order valence-corrected chi connectivity index (χ2v) is 6.59. The summed E-state index contributed by atoms with van der Waals surface area (Å²) in [5, 5.41) is 8.62. The number of thiophene rings is 1. The van der Waals surface area contributed by atoms with E-state index in [1.807, 2.05) is 31.4 Å². The molecule has 0 bridgehead atoms. The first-order valence-electron chi connectivity index (χ1n) is 7.61. The van der Waals surface area contributed by atoms with E-state index in [1.165, 1.54) is 17.6 Å². The maximum Gasteiger partial charge on any atom is 0.262 e. The van der Waals surface area contributed by atoms with E-state index in [2.05, 4.69) is 20.8 Å². The molecule has 2 heterocycles. The van der Waals surface area contributed by atoms with Crippen molar-refractivity contribution in [3.05, 3.63) is 52.5 Å². The van der Waals surface area contributed by atoms with Crippen molar-refractivity contribution in [1.29, 1.82) is 0 Å². The van der Waals surface area contributed by atoms with Crippen LogP contribution in [0.15, 0.2) is 47.1 Å². The predicted octanol–water partition coefficient (Wildman–Crippen LogP) is 1.98. The quantitative estimate of drug-likeness (QED) is 0.595. The van der Waals surface area contributed by atoms with E-state index in [1.54, 1.807) is 24.5 Å². The maximum absolute atomic E-state index is 12.3. The van der Waals surface area contributed by atoms with Gasteiger partial charge >= 0.3 is 0 Å². The van der Waals surface area contributed by atoms with Gasteiger partial charge in [-0.05, 0) is 35.1 Å². The monoisotopic (exact) mass is 344 g/mol. The average molecular weight is 344 g/mol. The van der Waals surface area contributed by atoms with Crippen molar-refractivity contribution in [3.8, 4) is 0 Å². The van der Waals surface area contributed by atoms with E-state index in [-0.39, 0.29) is 24.2 Å². The Morgan fingerprint density at radius 1 is 1.29 bits per heavy atom. The van der Waals surface area contributed by atoms with Crippen LogP contribution in [0.4, 0.5) is 0 Å². The Hall–Kier alpha value is -2.54. The zero-order valence-electron chi connectivity index (χ0n) is 13.6. The molecule has 0 saturated heterocycles. The lowest BCUT2D eigenvalue weighted by molar-refractivity contribution is -0.129. The van der Waals surface area contributed by atoms with Crippen LogP contribution in [0.25, 0.3) is 0 Å². The Balaban J connectivity index is 1.90. The Morgan fingerprint density at radius 3 is 2.67 bits per heavy atom. The molecular weight excluding hydrogens is 324 g/mol. The highest BCUT2D eigenvalue weighted by Gasteiger charge is 2.24. The number of hydrogen-bond acceptors (Lipinski definition) is 5. The second-order valence-electron chi connectivity index (χ2n) is 5.56. The van der Waals surface area contributed by atoms with Crippen LogP contribution in [0.3, 0.4) is 0 Å². The number of carbonyl (C=O) groups is 2. The number of hydrogen-bond donors (Lipinski definition) is 2. The Kier molecular flexibility index (Phi) is 6.62. The first-order chi connectivity index (χ1) is 11.6. The van der Waals surface area contributed by atoms with E-state index >= 15 is 0 Å². The molecule has 7 heteroatoms. The highest BCUT2D eigenvalue weighted by atomic mass is 32.1. The molecule has 0 saturated carbocycles. The molecule has 0 aromatic carbocycles. The van der Waals surface area contributed by atoms with Gasteiger partial charge in [-0.25, -0.2) is 5.43 Å². The van der Waals surface area contributed by atoms with E-state index in [4.69, 9.17) is 0 Å². The Morgan fingerprint density at radius 2 is 2.04 bits per heavy atom. The number of nitrogens with one attached hydrogen (secondary N) is 2. The third kappa shape index (κ3) is 5.58. The summed E-state index contributed by atoms with van der Waals surface area (Å²) in [4.78, 5) is 29.2. The minimum Gasteiger partial charge on any atom is -0.344 e. The van der Waals surface area contributed by atoms with Crippen LogP contribution in [0, 0.1) is 5.92 Å². The highest BCUT2D eigenvalue weighted by molar-refractivity contribution is 7.10. The molecule has 2 aromatic heterocycles. The first-order valence-corrected chi connectivity index (χ1v) is 8.49. The van der Waals surface area contributed by atoms with Crippen LogP contribution in [0.5, 0.6) is 0 Å². The summed E-state index contributed by atoms with van der Waals surface area (Å²) in [7, 11) is 0. The Labute approximate surface area is 145 Å². The highest BCUT2D eigenvalue weighted by Crippen LogP contribution is 2.10. The molecule has 0 fully saturated rings. The molecule has 2 amide bonds. The minimum absolute atomic E-state index is 0.0478. The zero-order chi connectivity index (χ0) is 17.4. The number of pyridine rings is 1. The molecule has 2 N–H and O–H groups in total. The number of aromatic nitrogens is 1. The summed E-state index contributed by atoms with van der Waals surface area (Å²) < 4.78 is 0. The number of rotatable bonds is 7. The van der Waals surface area contributed by atoms with Gasteiger partial charge in [0.05, 0.1) is 12.6 Å². The molecular formula is C17H20N4O2S. The molecule has 6 nitrogen and oxygen atoms in total. The maximum atomic E-state index is 12.3. The molecule has 24 heavy (non-hydrogen) atoms. The SMILES string of the molecule is CC(C)[C@@H](NC(=O)Cc1cccs1)C(=O)N/N=C/c1ccncc1. The lowest BCUT2D eigenvalue weighted by Crippen LogP contribution is -2.49. The van der Waals surface area contributed by atoms with Crippen molar-refractivity contribution < 1.29 is 9.59 Å². The lowest BCUT2D eigenvalue weighted by atomic mass is 10.0. The van der Waals surface area contributed by atoms with E-state index in [0.29, 0.717) is 0 Å². The molecule has 0 radical (unpaired) electrons. The molecule has 0 aliphatic rings. The number of nitrogens with zero attached hydrogens (tertiary/aromatic N) is 2. The molecule has 0 unspecified atom stereocenters. The van der Waals surface area contributed by atoms with Gasteiger partial charge in [0.25, 0.3) is 5.91 Å². The van der Waals surface area contributed by atoms with Crippen molar-refractivity contribution in [2.24, 2.45) is 11.0 Å². The van der Waals surface area contributed by atoms with Crippen LogP contribution in [-0.2, 0) is 16.0 Å². The van der Waals surface area contributed by atoms with Gasteiger partial charge in [-0.15, -0.1) is 11.3 Å². The van der Waals surface area contributed by atoms with Crippen LogP contribution >= 0.6 is 11.3 Å². The van der Waals surface area contributed by atoms with Gasteiger partial charge in [0.1, 0.15) is 6.04 Å². The van der Waals surface area contributed by atoms with Gasteiger partial charge in [0.15, 0.2) is 0 Å². The molecule has 2 aromatic rings. The number of amides is 2. The van der Waals surface area contributed by atoms with E-state index < -0.39 is 6.04 Å². The topological polar surface area (TPSA) is 83.5 Å². The van der Waals surface area contributed by atoms with Crippen LogP contribution in [-0.4, -0.2) is 29.1 Å². The summed E-state index contributed by atoms with van der Waals surface area (Å²) in [6.07, 6.45) is 5.09. The van der Waals surface area contributed by atoms with Crippen LogP contribution < -0.4 is 10.7 Å². The zero-order valence-corrected chi connectivity index (χ0v) is 14.4. The molecule has 0 spiro atoms. The fraction of sp³-hybridized carbons (Fsp3) is 0.294. The van der Waals surface area contributed by atoms with Crippen LogP contribution in [0.2, 0.25) is 0 Å². The smallest absolute Gasteiger partial charge is 0.262 e. The van der Waals surface area contributed by atoms with Gasteiger partial charge < -0.3 is 5.32 Å². The summed E-state index contributed by atoms with van der Waals surface area (Å²) in [6.45, 7) is 3.75. The molecule has 2 rings (SSSR count). The van der Waals surface area contributed by atoms with Crippen molar-refractivity contribution in [1.82, 2.24) is 15.7 Å². The fourth-order valence-electron chi connectivity index (χ4n) is 2.02. The van der Waals surface area contributed by atoms with Gasteiger partial charge in [0, 0.05) is 17.3 Å². The first kappa shape index (κ1) is 17.8. The number of carbonyl (C=O) groups excluding carboxylic acids is 2. The molecule has 0 aliphatic carbocycles. The number of hydrazone groups is 1.